The number of pyridine rings is 1. The van der Waals surface area contributed by atoms with Gasteiger partial charge in [-0.2, -0.15) is 0 Å². The molecule has 2 aliphatic rings. The van der Waals surface area contributed by atoms with Crippen molar-refractivity contribution in [3.63, 3.8) is 0 Å². The molecule has 2 heterocycles. The van der Waals surface area contributed by atoms with Crippen LogP contribution in [0.4, 0.5) is 5.69 Å². The Bertz CT molecular complexity index is 675. The first kappa shape index (κ1) is 12.6. The highest BCUT2D eigenvalue weighted by Gasteiger charge is 2.34. The van der Waals surface area contributed by atoms with Crippen LogP contribution >= 0.6 is 0 Å². The van der Waals surface area contributed by atoms with Crippen LogP contribution in [-0.4, -0.2) is 29.5 Å². The Hall–Kier alpha value is -2.10. The first-order chi connectivity index (χ1) is 10.3. The number of fused-ring (bicyclic) bond motifs is 1. The van der Waals surface area contributed by atoms with Gasteiger partial charge in [0.1, 0.15) is 6.04 Å². The third-order valence-electron chi connectivity index (χ3n) is 4.41. The molecule has 1 aromatic carbocycles. The van der Waals surface area contributed by atoms with Crippen LogP contribution in [0.1, 0.15) is 25.7 Å². The number of hydrogen-bond donors (Lipinski definition) is 1. The number of carbonyl (C=O) groups excluding carboxylic acids is 1. The number of anilines is 1. The van der Waals surface area contributed by atoms with Crippen LogP contribution in [0.2, 0.25) is 0 Å². The van der Waals surface area contributed by atoms with Crippen molar-refractivity contribution in [2.24, 2.45) is 0 Å². The van der Waals surface area contributed by atoms with Gasteiger partial charge in [0.15, 0.2) is 0 Å². The number of para-hydroxylation sites is 1. The van der Waals surface area contributed by atoms with Crippen LogP contribution in [0, 0.1) is 0 Å². The topological polar surface area (TPSA) is 45.2 Å². The second kappa shape index (κ2) is 5.02. The summed E-state index contributed by atoms with van der Waals surface area (Å²) in [5.41, 5.74) is 2.12. The van der Waals surface area contributed by atoms with E-state index < -0.39 is 0 Å². The fraction of sp³-hybridized carbons (Fsp3) is 0.412. The van der Waals surface area contributed by atoms with Gasteiger partial charge in [-0.1, -0.05) is 18.2 Å². The van der Waals surface area contributed by atoms with Crippen LogP contribution in [0.5, 0.6) is 0 Å². The molecule has 1 aliphatic carbocycles. The maximum Gasteiger partial charge on any atom is 0.242 e. The minimum absolute atomic E-state index is 0.0311. The molecular formula is C17H19N3O. The van der Waals surface area contributed by atoms with Crippen LogP contribution in [0.25, 0.3) is 10.9 Å². The summed E-state index contributed by atoms with van der Waals surface area (Å²) in [7, 11) is 0. The molecule has 2 aromatic rings. The highest BCUT2D eigenvalue weighted by molar-refractivity contribution is 5.95. The lowest BCUT2D eigenvalue weighted by Crippen LogP contribution is -2.44. The summed E-state index contributed by atoms with van der Waals surface area (Å²) in [6, 6.07) is 10.6. The van der Waals surface area contributed by atoms with Gasteiger partial charge in [-0.25, -0.2) is 0 Å². The van der Waals surface area contributed by atoms with E-state index in [0.29, 0.717) is 6.04 Å². The average Bonchev–Trinajstić information content (AvgIpc) is 3.19. The summed E-state index contributed by atoms with van der Waals surface area (Å²) in [6.45, 7) is 0.941. The molecule has 0 spiro atoms. The highest BCUT2D eigenvalue weighted by atomic mass is 16.2. The zero-order valence-electron chi connectivity index (χ0n) is 12.0. The van der Waals surface area contributed by atoms with E-state index in [1.54, 1.807) is 0 Å². The summed E-state index contributed by atoms with van der Waals surface area (Å²) < 4.78 is 0. The molecule has 4 heteroatoms. The Labute approximate surface area is 124 Å². The fourth-order valence-electron chi connectivity index (χ4n) is 3.18. The molecule has 0 radical (unpaired) electrons. The van der Waals surface area contributed by atoms with E-state index in [-0.39, 0.29) is 11.9 Å². The number of hydrogen-bond acceptors (Lipinski definition) is 3. The number of rotatable bonds is 3. The maximum absolute atomic E-state index is 12.4. The van der Waals surface area contributed by atoms with Gasteiger partial charge in [0.25, 0.3) is 0 Å². The monoisotopic (exact) mass is 281 g/mol. The van der Waals surface area contributed by atoms with Gasteiger partial charge in [0, 0.05) is 29.9 Å². The van der Waals surface area contributed by atoms with Crippen molar-refractivity contribution in [2.45, 2.75) is 37.8 Å². The van der Waals surface area contributed by atoms with Crippen molar-refractivity contribution in [3.8, 4) is 0 Å². The number of nitrogens with one attached hydrogen (secondary N) is 1. The van der Waals surface area contributed by atoms with Gasteiger partial charge in [0.2, 0.25) is 5.91 Å². The van der Waals surface area contributed by atoms with E-state index in [1.165, 1.54) is 0 Å². The minimum Gasteiger partial charge on any atom is -0.359 e. The third-order valence-corrected chi connectivity index (χ3v) is 4.41. The number of benzene rings is 1. The zero-order chi connectivity index (χ0) is 14.2. The molecular weight excluding hydrogens is 262 g/mol. The molecule has 2 fully saturated rings. The lowest BCUT2D eigenvalue weighted by molar-refractivity contribution is -0.122. The van der Waals surface area contributed by atoms with E-state index >= 15 is 0 Å². The van der Waals surface area contributed by atoms with E-state index in [2.05, 4.69) is 21.3 Å². The number of aromatic nitrogens is 1. The summed E-state index contributed by atoms with van der Waals surface area (Å²) in [5.74, 6) is 0.191. The predicted molar refractivity (Wildman–Crippen MR) is 83.3 cm³/mol. The normalized spacial score (nSPS) is 21.7. The van der Waals surface area contributed by atoms with Gasteiger partial charge >= 0.3 is 0 Å². The second-order valence-electron chi connectivity index (χ2n) is 5.98. The van der Waals surface area contributed by atoms with Crippen molar-refractivity contribution >= 4 is 22.5 Å². The summed E-state index contributed by atoms with van der Waals surface area (Å²) in [4.78, 5) is 19.1. The van der Waals surface area contributed by atoms with Crippen molar-refractivity contribution in [2.75, 3.05) is 11.4 Å². The van der Waals surface area contributed by atoms with Crippen molar-refractivity contribution in [1.82, 2.24) is 10.3 Å². The highest BCUT2D eigenvalue weighted by Crippen LogP contribution is 2.31. The van der Waals surface area contributed by atoms with Gasteiger partial charge in [0.05, 0.1) is 5.52 Å². The molecule has 4 nitrogen and oxygen atoms in total. The number of carbonyl (C=O) groups is 1. The Morgan fingerprint density at radius 1 is 1.19 bits per heavy atom. The van der Waals surface area contributed by atoms with Crippen LogP contribution in [0.15, 0.2) is 36.5 Å². The molecule has 1 saturated carbocycles. The largest absolute Gasteiger partial charge is 0.359 e. The SMILES string of the molecule is O=C(NC1CC1)[C@H]1CCCN1c1ccnc2ccccc12. The first-order valence-corrected chi connectivity index (χ1v) is 7.74. The van der Waals surface area contributed by atoms with Crippen LogP contribution in [0.3, 0.4) is 0 Å². The molecule has 1 amide bonds. The number of amides is 1. The first-order valence-electron chi connectivity index (χ1n) is 7.74. The van der Waals surface area contributed by atoms with Gasteiger partial charge in [-0.3, -0.25) is 9.78 Å². The van der Waals surface area contributed by atoms with E-state index in [4.69, 9.17) is 0 Å². The van der Waals surface area contributed by atoms with Gasteiger partial charge in [-0.15, -0.1) is 0 Å². The summed E-state index contributed by atoms with van der Waals surface area (Å²) >= 11 is 0. The molecule has 108 valence electrons. The standard InChI is InChI=1S/C17H19N3O/c21-17(19-12-7-8-12)16-6-3-11-20(16)15-9-10-18-14-5-2-1-4-13(14)15/h1-2,4-5,9-10,12,16H,3,6-8,11H2,(H,19,21)/t16-/m1/s1. The van der Waals surface area contributed by atoms with E-state index in [9.17, 15) is 4.79 Å². The van der Waals surface area contributed by atoms with Gasteiger partial charge in [-0.05, 0) is 37.8 Å². The average molecular weight is 281 g/mol. The lowest BCUT2D eigenvalue weighted by atomic mass is 10.1. The molecule has 0 bridgehead atoms. The predicted octanol–water partition coefficient (Wildman–Crippen LogP) is 2.48. The Morgan fingerprint density at radius 3 is 2.90 bits per heavy atom. The smallest absolute Gasteiger partial charge is 0.242 e. The van der Waals surface area contributed by atoms with Gasteiger partial charge < -0.3 is 10.2 Å². The minimum atomic E-state index is -0.0311. The number of nitrogens with zero attached hydrogens (tertiary/aromatic N) is 2. The Morgan fingerprint density at radius 2 is 2.05 bits per heavy atom. The summed E-state index contributed by atoms with van der Waals surface area (Å²) in [6.07, 6.45) is 6.12. The molecule has 1 aliphatic heterocycles. The second-order valence-corrected chi connectivity index (χ2v) is 5.98. The van der Waals surface area contributed by atoms with E-state index in [0.717, 1.165) is 48.8 Å². The molecule has 21 heavy (non-hydrogen) atoms. The molecule has 1 N–H and O–H groups in total. The van der Waals surface area contributed by atoms with Crippen LogP contribution < -0.4 is 10.2 Å². The van der Waals surface area contributed by atoms with Crippen molar-refractivity contribution in [1.29, 1.82) is 0 Å². The van der Waals surface area contributed by atoms with Crippen molar-refractivity contribution < 1.29 is 4.79 Å². The zero-order valence-corrected chi connectivity index (χ0v) is 12.0. The van der Waals surface area contributed by atoms with Crippen molar-refractivity contribution in [3.05, 3.63) is 36.5 Å². The lowest BCUT2D eigenvalue weighted by Gasteiger charge is -2.27. The van der Waals surface area contributed by atoms with E-state index in [1.807, 2.05) is 30.5 Å². The van der Waals surface area contributed by atoms with Crippen LogP contribution in [-0.2, 0) is 4.79 Å². The molecule has 1 aromatic heterocycles. The third kappa shape index (κ3) is 2.35. The Kier molecular flexibility index (Phi) is 3.02. The molecule has 1 saturated heterocycles. The molecule has 0 unspecified atom stereocenters. The quantitative estimate of drug-likeness (QED) is 0.940. The maximum atomic E-state index is 12.4. The molecule has 4 rings (SSSR count). The Balaban J connectivity index is 1.68. The summed E-state index contributed by atoms with van der Waals surface area (Å²) in [5, 5.41) is 4.28. The fourth-order valence-corrected chi connectivity index (χ4v) is 3.18. The molecule has 1 atom stereocenters.